The van der Waals surface area contributed by atoms with Crippen molar-refractivity contribution in [1.82, 2.24) is 0 Å². The number of amides is 1. The molecule has 1 amide bonds. The molecule has 6 nitrogen and oxygen atoms in total. The SMILES string of the molecule is CCCC(=O)c1cc2c(cc1NC(=O)c1ccco1)OCCO2. The van der Waals surface area contributed by atoms with Crippen LogP contribution in [0.15, 0.2) is 34.9 Å². The Labute approximate surface area is 133 Å². The number of carbonyl (C=O) groups excluding carboxylic acids is 2. The van der Waals surface area contributed by atoms with Gasteiger partial charge in [-0.15, -0.1) is 0 Å². The van der Waals surface area contributed by atoms with E-state index in [4.69, 9.17) is 13.9 Å². The topological polar surface area (TPSA) is 77.8 Å². The number of anilines is 1. The minimum Gasteiger partial charge on any atom is -0.486 e. The smallest absolute Gasteiger partial charge is 0.291 e. The highest BCUT2D eigenvalue weighted by Gasteiger charge is 2.21. The first-order valence-corrected chi connectivity index (χ1v) is 7.50. The van der Waals surface area contributed by atoms with Crippen LogP contribution >= 0.6 is 0 Å². The third-order valence-corrected chi connectivity index (χ3v) is 3.45. The van der Waals surface area contributed by atoms with E-state index in [0.717, 1.165) is 6.42 Å². The molecule has 0 saturated carbocycles. The zero-order valence-electron chi connectivity index (χ0n) is 12.8. The summed E-state index contributed by atoms with van der Waals surface area (Å²) in [5, 5.41) is 2.71. The predicted octanol–water partition coefficient (Wildman–Crippen LogP) is 3.29. The summed E-state index contributed by atoms with van der Waals surface area (Å²) < 4.78 is 16.1. The van der Waals surface area contributed by atoms with Gasteiger partial charge in [0.15, 0.2) is 23.0 Å². The van der Waals surface area contributed by atoms with Gasteiger partial charge in [0, 0.05) is 18.1 Å². The largest absolute Gasteiger partial charge is 0.486 e. The molecule has 0 atom stereocenters. The lowest BCUT2D eigenvalue weighted by molar-refractivity contribution is 0.0981. The number of hydrogen-bond donors (Lipinski definition) is 1. The molecule has 0 aliphatic carbocycles. The molecule has 1 aromatic heterocycles. The van der Waals surface area contributed by atoms with Crippen LogP contribution in [0.25, 0.3) is 0 Å². The maximum Gasteiger partial charge on any atom is 0.291 e. The zero-order chi connectivity index (χ0) is 16.2. The van der Waals surface area contributed by atoms with Crippen LogP contribution in [0.2, 0.25) is 0 Å². The number of ketones is 1. The number of benzene rings is 1. The van der Waals surface area contributed by atoms with Crippen LogP contribution in [-0.2, 0) is 0 Å². The molecule has 1 aromatic carbocycles. The molecule has 0 bridgehead atoms. The Morgan fingerprint density at radius 1 is 1.17 bits per heavy atom. The van der Waals surface area contributed by atoms with E-state index < -0.39 is 5.91 Å². The highest BCUT2D eigenvalue weighted by atomic mass is 16.6. The second-order valence-corrected chi connectivity index (χ2v) is 5.15. The normalized spacial score (nSPS) is 12.7. The maximum absolute atomic E-state index is 12.3. The summed E-state index contributed by atoms with van der Waals surface area (Å²) in [7, 11) is 0. The van der Waals surface area contributed by atoms with Gasteiger partial charge in [-0.3, -0.25) is 9.59 Å². The Morgan fingerprint density at radius 3 is 2.57 bits per heavy atom. The van der Waals surface area contributed by atoms with Gasteiger partial charge in [0.2, 0.25) is 0 Å². The van der Waals surface area contributed by atoms with Crippen molar-refractivity contribution in [2.75, 3.05) is 18.5 Å². The van der Waals surface area contributed by atoms with Gasteiger partial charge in [0.1, 0.15) is 13.2 Å². The van der Waals surface area contributed by atoms with Crippen molar-refractivity contribution >= 4 is 17.4 Å². The first-order valence-electron chi connectivity index (χ1n) is 7.50. The molecule has 23 heavy (non-hydrogen) atoms. The fraction of sp³-hybridized carbons (Fsp3) is 0.294. The molecule has 0 spiro atoms. The molecule has 1 N–H and O–H groups in total. The Kier molecular flexibility index (Phi) is 4.32. The fourth-order valence-electron chi connectivity index (χ4n) is 2.38. The van der Waals surface area contributed by atoms with E-state index in [2.05, 4.69) is 5.32 Å². The van der Waals surface area contributed by atoms with Gasteiger partial charge in [-0.2, -0.15) is 0 Å². The monoisotopic (exact) mass is 315 g/mol. The summed E-state index contributed by atoms with van der Waals surface area (Å²) in [5.41, 5.74) is 0.810. The van der Waals surface area contributed by atoms with Gasteiger partial charge in [0.25, 0.3) is 5.91 Å². The Morgan fingerprint density at radius 2 is 1.91 bits per heavy atom. The number of Topliss-reactive ketones (excluding diaryl/α,β-unsaturated/α-hetero) is 1. The van der Waals surface area contributed by atoms with Gasteiger partial charge < -0.3 is 19.2 Å². The molecular formula is C17H17NO5. The molecule has 0 radical (unpaired) electrons. The van der Waals surface area contributed by atoms with Gasteiger partial charge in [-0.05, 0) is 24.6 Å². The third kappa shape index (κ3) is 3.21. The van der Waals surface area contributed by atoms with Crippen molar-refractivity contribution in [2.45, 2.75) is 19.8 Å². The van der Waals surface area contributed by atoms with Crippen molar-refractivity contribution in [3.8, 4) is 11.5 Å². The molecule has 0 unspecified atom stereocenters. The Hall–Kier alpha value is -2.76. The lowest BCUT2D eigenvalue weighted by Crippen LogP contribution is -2.18. The van der Waals surface area contributed by atoms with Crippen LogP contribution in [0.5, 0.6) is 11.5 Å². The lowest BCUT2D eigenvalue weighted by Gasteiger charge is -2.21. The number of ether oxygens (including phenoxy) is 2. The van der Waals surface area contributed by atoms with Gasteiger partial charge in [0.05, 0.1) is 12.0 Å². The highest BCUT2D eigenvalue weighted by Crippen LogP contribution is 2.36. The van der Waals surface area contributed by atoms with E-state index in [1.54, 1.807) is 24.3 Å². The van der Waals surface area contributed by atoms with E-state index >= 15 is 0 Å². The standard InChI is InChI=1S/C17H17NO5/c1-2-4-13(19)11-9-15-16(23-8-7-22-15)10-12(11)18-17(20)14-5-3-6-21-14/h3,5-6,9-10H,2,4,7-8H2,1H3,(H,18,20). The molecule has 2 heterocycles. The average molecular weight is 315 g/mol. The molecule has 3 rings (SSSR count). The second kappa shape index (κ2) is 6.56. The van der Waals surface area contributed by atoms with Crippen LogP contribution < -0.4 is 14.8 Å². The Bertz CT molecular complexity index is 721. The quantitative estimate of drug-likeness (QED) is 0.857. The van der Waals surface area contributed by atoms with E-state index in [-0.39, 0.29) is 11.5 Å². The van der Waals surface area contributed by atoms with Crippen molar-refractivity contribution in [3.63, 3.8) is 0 Å². The third-order valence-electron chi connectivity index (χ3n) is 3.45. The average Bonchev–Trinajstić information content (AvgIpc) is 3.09. The first-order chi connectivity index (χ1) is 11.2. The van der Waals surface area contributed by atoms with Crippen molar-refractivity contribution in [3.05, 3.63) is 41.9 Å². The molecule has 1 aliphatic heterocycles. The van der Waals surface area contributed by atoms with E-state index in [0.29, 0.717) is 42.4 Å². The number of carbonyl (C=O) groups is 2. The number of fused-ring (bicyclic) bond motifs is 1. The molecule has 120 valence electrons. The molecule has 6 heteroatoms. The van der Waals surface area contributed by atoms with Gasteiger partial charge >= 0.3 is 0 Å². The Balaban J connectivity index is 1.95. The van der Waals surface area contributed by atoms with Crippen LogP contribution in [0.4, 0.5) is 5.69 Å². The molecule has 0 fully saturated rings. The van der Waals surface area contributed by atoms with Crippen molar-refractivity contribution in [1.29, 1.82) is 0 Å². The summed E-state index contributed by atoms with van der Waals surface area (Å²) in [6.45, 7) is 2.80. The second-order valence-electron chi connectivity index (χ2n) is 5.15. The van der Waals surface area contributed by atoms with Gasteiger partial charge in [-0.25, -0.2) is 0 Å². The van der Waals surface area contributed by atoms with E-state index in [1.165, 1.54) is 6.26 Å². The minimum absolute atomic E-state index is 0.0563. The summed E-state index contributed by atoms with van der Waals surface area (Å²) in [6, 6.07) is 6.44. The van der Waals surface area contributed by atoms with Crippen molar-refractivity contribution in [2.24, 2.45) is 0 Å². The predicted molar refractivity (Wildman–Crippen MR) is 83.3 cm³/mol. The summed E-state index contributed by atoms with van der Waals surface area (Å²) >= 11 is 0. The molecular weight excluding hydrogens is 298 g/mol. The summed E-state index contributed by atoms with van der Waals surface area (Å²) in [5.74, 6) is 0.732. The number of rotatable bonds is 5. The van der Waals surface area contributed by atoms with E-state index in [1.807, 2.05) is 6.92 Å². The summed E-state index contributed by atoms with van der Waals surface area (Å²) in [4.78, 5) is 24.5. The number of hydrogen-bond acceptors (Lipinski definition) is 5. The van der Waals surface area contributed by atoms with E-state index in [9.17, 15) is 9.59 Å². The first kappa shape index (κ1) is 15.1. The maximum atomic E-state index is 12.3. The van der Waals surface area contributed by atoms with Crippen LogP contribution in [0.3, 0.4) is 0 Å². The fourth-order valence-corrected chi connectivity index (χ4v) is 2.38. The minimum atomic E-state index is -0.419. The highest BCUT2D eigenvalue weighted by molar-refractivity contribution is 6.09. The summed E-state index contributed by atoms with van der Waals surface area (Å²) in [6.07, 6.45) is 2.53. The molecule has 0 saturated heterocycles. The van der Waals surface area contributed by atoms with Crippen LogP contribution in [-0.4, -0.2) is 24.9 Å². The van der Waals surface area contributed by atoms with Gasteiger partial charge in [-0.1, -0.05) is 6.92 Å². The van der Waals surface area contributed by atoms with Crippen molar-refractivity contribution < 1.29 is 23.5 Å². The number of furan rings is 1. The number of nitrogens with one attached hydrogen (secondary N) is 1. The van der Waals surface area contributed by atoms with Crippen LogP contribution in [0, 0.1) is 0 Å². The lowest BCUT2D eigenvalue weighted by atomic mass is 10.0. The molecule has 2 aromatic rings. The molecule has 1 aliphatic rings. The zero-order valence-corrected chi connectivity index (χ0v) is 12.8. The van der Waals surface area contributed by atoms with Crippen LogP contribution in [0.1, 0.15) is 40.7 Å².